The van der Waals surface area contributed by atoms with Crippen LogP contribution in [0.15, 0.2) is 29.1 Å². The molecule has 0 spiro atoms. The zero-order valence-corrected chi connectivity index (χ0v) is 19.3. The number of pyridine rings is 1. The van der Waals surface area contributed by atoms with Crippen LogP contribution in [0.5, 0.6) is 0 Å². The van der Waals surface area contributed by atoms with Crippen LogP contribution in [0.2, 0.25) is 0 Å². The number of para-hydroxylation sites is 1. The molecular formula is C24H34N4O2S. The van der Waals surface area contributed by atoms with Crippen LogP contribution < -0.4 is 10.9 Å². The van der Waals surface area contributed by atoms with E-state index in [-0.39, 0.29) is 5.56 Å². The minimum Gasteiger partial charge on any atom is -0.379 e. The van der Waals surface area contributed by atoms with E-state index in [1.165, 1.54) is 12.8 Å². The fourth-order valence-electron chi connectivity index (χ4n) is 4.74. The van der Waals surface area contributed by atoms with Crippen molar-refractivity contribution in [2.75, 3.05) is 39.4 Å². The van der Waals surface area contributed by atoms with E-state index in [9.17, 15) is 4.79 Å². The van der Waals surface area contributed by atoms with Gasteiger partial charge in [0.1, 0.15) is 0 Å². The van der Waals surface area contributed by atoms with Crippen LogP contribution in [0.1, 0.15) is 43.2 Å². The summed E-state index contributed by atoms with van der Waals surface area (Å²) in [6.07, 6.45) is 5.79. The van der Waals surface area contributed by atoms with Gasteiger partial charge in [-0.1, -0.05) is 31.0 Å². The summed E-state index contributed by atoms with van der Waals surface area (Å²) in [7, 11) is 0. The summed E-state index contributed by atoms with van der Waals surface area (Å²) >= 11 is 5.81. The Bertz CT molecular complexity index is 948. The zero-order valence-electron chi connectivity index (χ0n) is 18.5. The SMILES string of the molecule is Cc1cccc2cc(CN(C(=S)NCCCN3CCOCC3)C3CCCC3)c(=O)[nH]c12. The van der Waals surface area contributed by atoms with Crippen molar-refractivity contribution in [1.82, 2.24) is 20.1 Å². The molecule has 1 aliphatic heterocycles. The average molecular weight is 443 g/mol. The Morgan fingerprint density at radius 3 is 2.84 bits per heavy atom. The molecule has 0 amide bonds. The van der Waals surface area contributed by atoms with Gasteiger partial charge in [-0.15, -0.1) is 0 Å². The molecule has 4 rings (SSSR count). The number of H-pyrrole nitrogens is 1. The van der Waals surface area contributed by atoms with Gasteiger partial charge in [-0.2, -0.15) is 0 Å². The predicted octanol–water partition coefficient (Wildman–Crippen LogP) is 3.18. The smallest absolute Gasteiger partial charge is 0.253 e. The largest absolute Gasteiger partial charge is 0.379 e. The summed E-state index contributed by atoms with van der Waals surface area (Å²) in [6.45, 7) is 8.20. The molecule has 2 aliphatic rings. The summed E-state index contributed by atoms with van der Waals surface area (Å²) < 4.78 is 5.42. The number of aromatic nitrogens is 1. The first-order valence-corrected chi connectivity index (χ1v) is 12.0. The number of thiocarbonyl (C=S) groups is 1. The highest BCUT2D eigenvalue weighted by molar-refractivity contribution is 7.80. The maximum Gasteiger partial charge on any atom is 0.253 e. The predicted molar refractivity (Wildman–Crippen MR) is 130 cm³/mol. The third-order valence-corrected chi connectivity index (χ3v) is 6.94. The molecule has 2 heterocycles. The number of hydrogen-bond donors (Lipinski definition) is 2. The van der Waals surface area contributed by atoms with Crippen molar-refractivity contribution in [3.8, 4) is 0 Å². The molecule has 0 atom stereocenters. The lowest BCUT2D eigenvalue weighted by Gasteiger charge is -2.32. The fraction of sp³-hybridized carbons (Fsp3) is 0.583. The lowest BCUT2D eigenvalue weighted by Crippen LogP contribution is -2.46. The quantitative estimate of drug-likeness (QED) is 0.507. The Hall–Kier alpha value is -1.96. The lowest BCUT2D eigenvalue weighted by atomic mass is 10.1. The highest BCUT2D eigenvalue weighted by Gasteiger charge is 2.25. The first kappa shape index (κ1) is 22.2. The topological polar surface area (TPSA) is 60.6 Å². The van der Waals surface area contributed by atoms with Crippen LogP contribution in [-0.4, -0.2) is 65.3 Å². The van der Waals surface area contributed by atoms with Crippen molar-refractivity contribution in [2.45, 2.75) is 51.6 Å². The second kappa shape index (κ2) is 10.6. The van der Waals surface area contributed by atoms with E-state index >= 15 is 0 Å². The standard InChI is InChI=1S/C24H34N4O2S/c1-18-6-4-7-19-16-20(23(29)26-22(18)19)17-28(21-8-2-3-9-21)24(31)25-10-5-11-27-12-14-30-15-13-27/h4,6-7,16,21H,2-3,5,8-15,17H2,1H3,(H,25,31)(H,26,29). The van der Waals surface area contributed by atoms with Gasteiger partial charge in [0, 0.05) is 31.2 Å². The highest BCUT2D eigenvalue weighted by atomic mass is 32.1. The monoisotopic (exact) mass is 442 g/mol. The number of aryl methyl sites for hydroxylation is 1. The van der Waals surface area contributed by atoms with E-state index < -0.39 is 0 Å². The number of ether oxygens (including phenoxy) is 1. The van der Waals surface area contributed by atoms with Gasteiger partial charge in [0.05, 0.1) is 25.3 Å². The Balaban J connectivity index is 1.41. The van der Waals surface area contributed by atoms with Gasteiger partial charge < -0.3 is 19.9 Å². The Kier molecular flexibility index (Phi) is 7.58. The van der Waals surface area contributed by atoms with Gasteiger partial charge in [0.15, 0.2) is 5.11 Å². The Morgan fingerprint density at radius 2 is 2.06 bits per heavy atom. The molecule has 2 N–H and O–H groups in total. The third kappa shape index (κ3) is 5.64. The average Bonchev–Trinajstić information content (AvgIpc) is 3.31. The number of fused-ring (bicyclic) bond motifs is 1. The van der Waals surface area contributed by atoms with Crippen molar-refractivity contribution in [1.29, 1.82) is 0 Å². The van der Waals surface area contributed by atoms with E-state index in [0.29, 0.717) is 12.6 Å². The van der Waals surface area contributed by atoms with Gasteiger partial charge in [0.25, 0.3) is 5.56 Å². The molecule has 2 aromatic rings. The summed E-state index contributed by atoms with van der Waals surface area (Å²) in [5, 5.41) is 5.32. The number of nitrogens with one attached hydrogen (secondary N) is 2. The number of nitrogens with zero attached hydrogens (tertiary/aromatic N) is 2. The van der Waals surface area contributed by atoms with Gasteiger partial charge in [-0.25, -0.2) is 0 Å². The van der Waals surface area contributed by atoms with Crippen LogP contribution in [0.25, 0.3) is 10.9 Å². The minimum atomic E-state index is -0.0140. The zero-order chi connectivity index (χ0) is 21.6. The molecule has 1 saturated carbocycles. The minimum absolute atomic E-state index is 0.0140. The van der Waals surface area contributed by atoms with Crippen LogP contribution in [0, 0.1) is 6.92 Å². The summed E-state index contributed by atoms with van der Waals surface area (Å²) in [5.74, 6) is 0. The summed E-state index contributed by atoms with van der Waals surface area (Å²) in [6, 6.07) is 8.56. The Labute approximate surface area is 189 Å². The van der Waals surface area contributed by atoms with E-state index in [1.807, 2.05) is 25.1 Å². The molecule has 1 aromatic heterocycles. The van der Waals surface area contributed by atoms with Crippen LogP contribution >= 0.6 is 12.2 Å². The summed E-state index contributed by atoms with van der Waals surface area (Å²) in [5.41, 5.74) is 2.78. The number of rotatable bonds is 7. The van der Waals surface area contributed by atoms with E-state index in [4.69, 9.17) is 17.0 Å². The van der Waals surface area contributed by atoms with Crippen LogP contribution in [0.3, 0.4) is 0 Å². The number of morpholine rings is 1. The maximum atomic E-state index is 12.8. The van der Waals surface area contributed by atoms with E-state index in [0.717, 1.165) is 85.8 Å². The second-order valence-electron chi connectivity index (χ2n) is 8.77. The number of hydrogen-bond acceptors (Lipinski definition) is 4. The molecule has 6 nitrogen and oxygen atoms in total. The molecule has 0 bridgehead atoms. The van der Waals surface area contributed by atoms with Gasteiger partial charge in [-0.3, -0.25) is 9.69 Å². The van der Waals surface area contributed by atoms with Gasteiger partial charge in [-0.05, 0) is 62.0 Å². The highest BCUT2D eigenvalue weighted by Crippen LogP contribution is 2.25. The molecule has 1 aliphatic carbocycles. The van der Waals surface area contributed by atoms with Crippen molar-refractivity contribution >= 4 is 28.2 Å². The molecule has 7 heteroatoms. The van der Waals surface area contributed by atoms with E-state index in [2.05, 4.69) is 26.2 Å². The van der Waals surface area contributed by atoms with E-state index in [1.54, 1.807) is 0 Å². The number of benzene rings is 1. The fourth-order valence-corrected chi connectivity index (χ4v) is 5.05. The Morgan fingerprint density at radius 1 is 1.29 bits per heavy atom. The van der Waals surface area contributed by atoms with Crippen molar-refractivity contribution < 1.29 is 4.74 Å². The lowest BCUT2D eigenvalue weighted by molar-refractivity contribution is 0.0375. The molecular weight excluding hydrogens is 408 g/mol. The molecule has 0 radical (unpaired) electrons. The maximum absolute atomic E-state index is 12.8. The molecule has 0 unspecified atom stereocenters. The molecule has 1 aromatic carbocycles. The van der Waals surface area contributed by atoms with Crippen molar-refractivity contribution in [2.24, 2.45) is 0 Å². The molecule has 1 saturated heterocycles. The molecule has 168 valence electrons. The second-order valence-corrected chi connectivity index (χ2v) is 9.16. The van der Waals surface area contributed by atoms with Gasteiger partial charge >= 0.3 is 0 Å². The van der Waals surface area contributed by atoms with Crippen LogP contribution in [-0.2, 0) is 11.3 Å². The normalized spacial score (nSPS) is 17.8. The molecule has 31 heavy (non-hydrogen) atoms. The molecule has 2 fully saturated rings. The number of aromatic amines is 1. The third-order valence-electron chi connectivity index (χ3n) is 6.56. The summed E-state index contributed by atoms with van der Waals surface area (Å²) in [4.78, 5) is 20.6. The first-order valence-electron chi connectivity index (χ1n) is 11.6. The van der Waals surface area contributed by atoms with Gasteiger partial charge in [0.2, 0.25) is 0 Å². The van der Waals surface area contributed by atoms with Crippen LogP contribution in [0.4, 0.5) is 0 Å². The van der Waals surface area contributed by atoms with Crippen molar-refractivity contribution in [3.05, 3.63) is 45.7 Å². The first-order chi connectivity index (χ1) is 15.1. The van der Waals surface area contributed by atoms with Crippen molar-refractivity contribution in [3.63, 3.8) is 0 Å².